The summed E-state index contributed by atoms with van der Waals surface area (Å²) in [7, 11) is 0. The molecule has 0 aliphatic carbocycles. The average Bonchev–Trinajstić information content (AvgIpc) is 2.58. The third kappa shape index (κ3) is 2.08. The first-order chi connectivity index (χ1) is 7.60. The van der Waals surface area contributed by atoms with E-state index < -0.39 is 0 Å². The van der Waals surface area contributed by atoms with Crippen molar-refractivity contribution < 1.29 is 4.79 Å². The summed E-state index contributed by atoms with van der Waals surface area (Å²) in [6.07, 6.45) is 5.55. The molecule has 1 aliphatic rings. The Kier molecular flexibility index (Phi) is 2.95. The zero-order chi connectivity index (χ0) is 11.7. The molecule has 1 fully saturated rings. The summed E-state index contributed by atoms with van der Waals surface area (Å²) in [5.74, 6) is 2.41. The third-order valence-electron chi connectivity index (χ3n) is 2.17. The van der Waals surface area contributed by atoms with Gasteiger partial charge in [-0.05, 0) is 23.2 Å². The number of hydrogen-bond donors (Lipinski definition) is 0. The van der Waals surface area contributed by atoms with Crippen molar-refractivity contribution >= 4 is 35.1 Å². The highest BCUT2D eigenvalue weighted by Gasteiger charge is 2.31. The molecule has 2 rings (SSSR count). The van der Waals surface area contributed by atoms with Gasteiger partial charge < -0.3 is 0 Å². The minimum atomic E-state index is -0.138. The van der Waals surface area contributed by atoms with Crippen LogP contribution >= 0.6 is 23.2 Å². The second kappa shape index (κ2) is 4.24. The number of aromatic nitrogens is 3. The van der Waals surface area contributed by atoms with Crippen LogP contribution in [0.4, 0.5) is 5.95 Å². The molecule has 1 saturated heterocycles. The Balaban J connectivity index is 2.32. The highest BCUT2D eigenvalue weighted by molar-refractivity contribution is 6.31. The van der Waals surface area contributed by atoms with Crippen molar-refractivity contribution in [1.29, 1.82) is 0 Å². The number of hydrogen-bond acceptors (Lipinski definition) is 4. The Morgan fingerprint density at radius 2 is 1.94 bits per heavy atom. The van der Waals surface area contributed by atoms with Crippen molar-refractivity contribution in [2.45, 2.75) is 6.42 Å². The van der Waals surface area contributed by atoms with E-state index in [0.717, 1.165) is 0 Å². The molecule has 0 spiro atoms. The first kappa shape index (κ1) is 11.1. The maximum Gasteiger partial charge on any atom is 0.237 e. The molecule has 1 aromatic rings. The van der Waals surface area contributed by atoms with Crippen molar-refractivity contribution in [1.82, 2.24) is 15.0 Å². The van der Waals surface area contributed by atoms with Crippen molar-refractivity contribution in [2.24, 2.45) is 5.92 Å². The van der Waals surface area contributed by atoms with Crippen molar-refractivity contribution in [3.05, 3.63) is 10.6 Å². The number of rotatable bonds is 1. The maximum absolute atomic E-state index is 11.6. The molecular formula is C9H6Cl2N4O. The van der Waals surface area contributed by atoms with E-state index in [-0.39, 0.29) is 34.8 Å². The summed E-state index contributed by atoms with van der Waals surface area (Å²) < 4.78 is 0. The summed E-state index contributed by atoms with van der Waals surface area (Å²) in [4.78, 5) is 24.2. The summed E-state index contributed by atoms with van der Waals surface area (Å²) in [6, 6.07) is 0. The fraction of sp³-hybridized carbons (Fsp3) is 0.333. The van der Waals surface area contributed by atoms with Crippen molar-refractivity contribution in [3.63, 3.8) is 0 Å². The number of carbonyl (C=O) groups excluding carboxylic acids is 1. The Morgan fingerprint density at radius 1 is 1.31 bits per heavy atom. The van der Waals surface area contributed by atoms with Crippen LogP contribution in [0.2, 0.25) is 10.6 Å². The maximum atomic E-state index is 11.6. The quantitative estimate of drug-likeness (QED) is 0.708. The molecule has 2 heterocycles. The highest BCUT2D eigenvalue weighted by atomic mass is 35.5. The van der Waals surface area contributed by atoms with E-state index >= 15 is 0 Å². The van der Waals surface area contributed by atoms with Crippen LogP contribution in [0.3, 0.4) is 0 Å². The number of anilines is 1. The zero-order valence-corrected chi connectivity index (χ0v) is 9.53. The molecule has 1 aliphatic heterocycles. The van der Waals surface area contributed by atoms with Gasteiger partial charge in [0.1, 0.15) is 0 Å². The molecule has 82 valence electrons. The highest BCUT2D eigenvalue weighted by Crippen LogP contribution is 2.23. The predicted octanol–water partition coefficient (Wildman–Crippen LogP) is 1.16. The standard InChI is InChI=1S/C9H6Cl2N4O/c1-2-5-3-6(16)15(4-5)9-13-7(10)12-8(11)14-9/h1,5H,3-4H2. The lowest BCUT2D eigenvalue weighted by Crippen LogP contribution is -2.26. The van der Waals surface area contributed by atoms with Crippen LogP contribution in [0.25, 0.3) is 0 Å². The van der Waals surface area contributed by atoms with Crippen molar-refractivity contribution in [2.75, 3.05) is 11.4 Å². The predicted molar refractivity (Wildman–Crippen MR) is 59.1 cm³/mol. The van der Waals surface area contributed by atoms with E-state index in [2.05, 4.69) is 20.9 Å². The molecule has 0 N–H and O–H groups in total. The zero-order valence-electron chi connectivity index (χ0n) is 8.02. The molecule has 1 aromatic heterocycles. The Bertz CT molecular complexity index is 465. The van der Waals surface area contributed by atoms with E-state index in [4.69, 9.17) is 29.6 Å². The van der Waals surface area contributed by atoms with Crippen LogP contribution in [0.5, 0.6) is 0 Å². The molecule has 0 aromatic carbocycles. The van der Waals surface area contributed by atoms with E-state index in [0.29, 0.717) is 6.54 Å². The van der Waals surface area contributed by atoms with E-state index in [9.17, 15) is 4.79 Å². The largest absolute Gasteiger partial charge is 0.279 e. The first-order valence-corrected chi connectivity index (χ1v) is 5.19. The number of terminal acetylenes is 1. The van der Waals surface area contributed by atoms with Gasteiger partial charge in [0.2, 0.25) is 22.4 Å². The van der Waals surface area contributed by atoms with Crippen LogP contribution in [-0.2, 0) is 4.79 Å². The van der Waals surface area contributed by atoms with Crippen LogP contribution in [0.1, 0.15) is 6.42 Å². The van der Waals surface area contributed by atoms with E-state index in [1.165, 1.54) is 4.90 Å². The SMILES string of the molecule is C#CC1CC(=O)N(c2nc(Cl)nc(Cl)n2)C1. The Morgan fingerprint density at radius 3 is 2.44 bits per heavy atom. The summed E-state index contributed by atoms with van der Waals surface area (Å²) in [5, 5.41) is -0.0982. The van der Waals surface area contributed by atoms with Gasteiger partial charge in [-0.2, -0.15) is 15.0 Å². The van der Waals surface area contributed by atoms with Gasteiger partial charge in [-0.3, -0.25) is 9.69 Å². The monoisotopic (exact) mass is 256 g/mol. The molecular weight excluding hydrogens is 251 g/mol. The number of nitrogens with zero attached hydrogens (tertiary/aromatic N) is 4. The average molecular weight is 257 g/mol. The minimum Gasteiger partial charge on any atom is -0.279 e. The first-order valence-electron chi connectivity index (χ1n) is 4.43. The van der Waals surface area contributed by atoms with E-state index in [1.807, 2.05) is 0 Å². The van der Waals surface area contributed by atoms with Crippen LogP contribution in [0, 0.1) is 18.3 Å². The summed E-state index contributed by atoms with van der Waals surface area (Å²) in [5.41, 5.74) is 0. The molecule has 7 heteroatoms. The van der Waals surface area contributed by atoms with Gasteiger partial charge in [0.05, 0.1) is 0 Å². The fourth-order valence-electron chi connectivity index (χ4n) is 1.45. The molecule has 0 bridgehead atoms. The molecule has 16 heavy (non-hydrogen) atoms. The Labute approximate surface area is 102 Å². The van der Waals surface area contributed by atoms with Crippen LogP contribution in [0.15, 0.2) is 0 Å². The van der Waals surface area contributed by atoms with Gasteiger partial charge in [-0.1, -0.05) is 0 Å². The number of amides is 1. The van der Waals surface area contributed by atoms with Gasteiger partial charge in [-0.15, -0.1) is 12.3 Å². The second-order valence-corrected chi connectivity index (χ2v) is 3.92. The number of carbonyl (C=O) groups is 1. The molecule has 1 atom stereocenters. The molecule has 1 unspecified atom stereocenters. The van der Waals surface area contributed by atoms with Gasteiger partial charge in [0, 0.05) is 18.9 Å². The molecule has 0 radical (unpaired) electrons. The smallest absolute Gasteiger partial charge is 0.237 e. The lowest BCUT2D eigenvalue weighted by Gasteiger charge is -2.12. The van der Waals surface area contributed by atoms with Crippen LogP contribution in [-0.4, -0.2) is 27.4 Å². The van der Waals surface area contributed by atoms with Gasteiger partial charge >= 0.3 is 0 Å². The van der Waals surface area contributed by atoms with E-state index in [1.54, 1.807) is 0 Å². The lowest BCUT2D eigenvalue weighted by molar-refractivity contribution is -0.117. The molecule has 0 saturated carbocycles. The van der Waals surface area contributed by atoms with Crippen molar-refractivity contribution in [3.8, 4) is 12.3 Å². The second-order valence-electron chi connectivity index (χ2n) is 3.25. The minimum absolute atomic E-state index is 0.0491. The lowest BCUT2D eigenvalue weighted by atomic mass is 10.1. The summed E-state index contributed by atoms with van der Waals surface area (Å²) >= 11 is 11.2. The molecule has 1 amide bonds. The normalized spacial score (nSPS) is 19.9. The number of halogens is 2. The molecule has 5 nitrogen and oxygen atoms in total. The Hall–Kier alpha value is -1.38. The summed E-state index contributed by atoms with van der Waals surface area (Å²) in [6.45, 7) is 0.381. The van der Waals surface area contributed by atoms with Gasteiger partial charge in [0.25, 0.3) is 0 Å². The topological polar surface area (TPSA) is 59.0 Å². The third-order valence-corrected chi connectivity index (χ3v) is 2.51. The van der Waals surface area contributed by atoms with Gasteiger partial charge in [0.15, 0.2) is 0 Å². The fourth-order valence-corrected chi connectivity index (χ4v) is 1.80. The van der Waals surface area contributed by atoms with Gasteiger partial charge in [-0.25, -0.2) is 0 Å². The van der Waals surface area contributed by atoms with Crippen LogP contribution < -0.4 is 4.90 Å².